The highest BCUT2D eigenvalue weighted by atomic mass is 19.1. The Balaban J connectivity index is 1.75. The van der Waals surface area contributed by atoms with Crippen molar-refractivity contribution in [2.24, 2.45) is 0 Å². The van der Waals surface area contributed by atoms with Crippen molar-refractivity contribution in [3.8, 4) is 0 Å². The number of benzene rings is 2. The van der Waals surface area contributed by atoms with Crippen molar-refractivity contribution < 1.29 is 23.1 Å². The molecule has 2 aliphatic rings. The number of aliphatic hydroxyl groups excluding tert-OH is 1. The normalized spacial score (nSPS) is 25.3. The molecule has 0 aromatic heterocycles. The highest BCUT2D eigenvalue weighted by Gasteiger charge is 2.47. The fourth-order valence-corrected chi connectivity index (χ4v) is 5.33. The number of amides is 2. The molecular formula is C27H32F3N3O2. The van der Waals surface area contributed by atoms with Gasteiger partial charge in [-0.2, -0.15) is 0 Å². The second-order valence-corrected chi connectivity index (χ2v) is 9.43. The number of carbonyl (C=O) groups excluding carboxylic acids is 1. The SMILES string of the molecule is CCN(C(=O)N1CC(c2cc(F)ccc2F)=C[C@@]1(CO)c1ccccc1)C1CCN(C)CC(F)C1. The van der Waals surface area contributed by atoms with Gasteiger partial charge in [-0.15, -0.1) is 0 Å². The van der Waals surface area contributed by atoms with Crippen LogP contribution in [0.4, 0.5) is 18.0 Å². The van der Waals surface area contributed by atoms with Crippen molar-refractivity contribution in [3.63, 3.8) is 0 Å². The lowest BCUT2D eigenvalue weighted by atomic mass is 9.89. The van der Waals surface area contributed by atoms with Crippen molar-refractivity contribution >= 4 is 11.6 Å². The van der Waals surface area contributed by atoms with Crippen LogP contribution in [0.3, 0.4) is 0 Å². The third-order valence-electron chi connectivity index (χ3n) is 7.15. The zero-order valence-electron chi connectivity index (χ0n) is 20.1. The standard InChI is InChI=1S/C27H32F3N3O2/c1-3-32(23-11-12-31(2)17-22(29)13-23)26(35)33-16-19(24-14-21(28)9-10-25(24)30)15-27(33,18-34)20-7-5-4-6-8-20/h4-10,14-15,22-23,34H,3,11-13,16-18H2,1-2H3/t22?,23?,27-/m1/s1. The van der Waals surface area contributed by atoms with E-state index in [9.17, 15) is 23.1 Å². The van der Waals surface area contributed by atoms with E-state index in [0.29, 0.717) is 37.2 Å². The van der Waals surface area contributed by atoms with Crippen molar-refractivity contribution in [2.45, 2.75) is 37.5 Å². The highest BCUT2D eigenvalue weighted by molar-refractivity contribution is 5.84. The van der Waals surface area contributed by atoms with Crippen LogP contribution in [0.15, 0.2) is 54.6 Å². The van der Waals surface area contributed by atoms with E-state index < -0.39 is 30.0 Å². The van der Waals surface area contributed by atoms with E-state index in [1.165, 1.54) is 4.90 Å². The van der Waals surface area contributed by atoms with Gasteiger partial charge in [-0.1, -0.05) is 30.3 Å². The lowest BCUT2D eigenvalue weighted by Gasteiger charge is -2.42. The van der Waals surface area contributed by atoms with E-state index in [1.807, 2.05) is 24.9 Å². The summed E-state index contributed by atoms with van der Waals surface area (Å²) >= 11 is 0. The summed E-state index contributed by atoms with van der Waals surface area (Å²) in [7, 11) is 1.86. The Morgan fingerprint density at radius 3 is 2.63 bits per heavy atom. The zero-order chi connectivity index (χ0) is 25.2. The topological polar surface area (TPSA) is 47.0 Å². The summed E-state index contributed by atoms with van der Waals surface area (Å²) in [5.41, 5.74) is -0.149. The molecule has 2 aromatic rings. The van der Waals surface area contributed by atoms with E-state index >= 15 is 0 Å². The maximum atomic E-state index is 14.7. The van der Waals surface area contributed by atoms with Gasteiger partial charge in [-0.25, -0.2) is 18.0 Å². The first-order chi connectivity index (χ1) is 16.8. The molecule has 188 valence electrons. The molecule has 2 heterocycles. The molecule has 3 atom stereocenters. The molecule has 2 amide bonds. The summed E-state index contributed by atoms with van der Waals surface area (Å²) in [6, 6.07) is 11.6. The molecule has 0 aliphatic carbocycles. The molecular weight excluding hydrogens is 455 g/mol. The molecule has 0 spiro atoms. The maximum absolute atomic E-state index is 14.7. The highest BCUT2D eigenvalue weighted by Crippen LogP contribution is 2.41. The number of carbonyl (C=O) groups is 1. The molecule has 2 aliphatic heterocycles. The van der Waals surface area contributed by atoms with Gasteiger partial charge < -0.3 is 19.8 Å². The Labute approximate surface area is 204 Å². The molecule has 4 rings (SSSR count). The van der Waals surface area contributed by atoms with E-state index in [2.05, 4.69) is 0 Å². The average molecular weight is 488 g/mol. The summed E-state index contributed by atoms with van der Waals surface area (Å²) in [4.78, 5) is 19.1. The van der Waals surface area contributed by atoms with Crippen LogP contribution in [-0.4, -0.2) is 77.9 Å². The number of aliphatic hydroxyl groups is 1. The van der Waals surface area contributed by atoms with Crippen LogP contribution in [0.5, 0.6) is 0 Å². The lowest BCUT2D eigenvalue weighted by molar-refractivity contribution is 0.0701. The summed E-state index contributed by atoms with van der Waals surface area (Å²) in [6.45, 7) is 2.73. The number of halogens is 3. The molecule has 5 nitrogen and oxygen atoms in total. The summed E-state index contributed by atoms with van der Waals surface area (Å²) in [5, 5.41) is 10.7. The fraction of sp³-hybridized carbons (Fsp3) is 0.444. The number of alkyl halides is 1. The van der Waals surface area contributed by atoms with E-state index in [-0.39, 0.29) is 30.6 Å². The van der Waals surface area contributed by atoms with Crippen LogP contribution in [-0.2, 0) is 5.54 Å². The molecule has 1 fully saturated rings. The van der Waals surface area contributed by atoms with Gasteiger partial charge in [0.25, 0.3) is 0 Å². The van der Waals surface area contributed by atoms with Crippen LogP contribution >= 0.6 is 0 Å². The van der Waals surface area contributed by atoms with Crippen molar-refractivity contribution in [1.29, 1.82) is 0 Å². The predicted octanol–water partition coefficient (Wildman–Crippen LogP) is 4.43. The van der Waals surface area contributed by atoms with Gasteiger partial charge in [0.1, 0.15) is 23.3 Å². The molecule has 8 heteroatoms. The minimum atomic E-state index is -1.27. The summed E-state index contributed by atoms with van der Waals surface area (Å²) < 4.78 is 43.3. The van der Waals surface area contributed by atoms with Gasteiger partial charge in [0.2, 0.25) is 0 Å². The summed E-state index contributed by atoms with van der Waals surface area (Å²) in [6.07, 6.45) is 1.46. The number of urea groups is 1. The van der Waals surface area contributed by atoms with Gasteiger partial charge >= 0.3 is 6.03 Å². The van der Waals surface area contributed by atoms with Crippen LogP contribution in [0.2, 0.25) is 0 Å². The Morgan fingerprint density at radius 2 is 1.94 bits per heavy atom. The largest absolute Gasteiger partial charge is 0.393 e. The van der Waals surface area contributed by atoms with Gasteiger partial charge in [0.15, 0.2) is 0 Å². The second kappa shape index (κ2) is 10.4. The van der Waals surface area contributed by atoms with Crippen LogP contribution in [0.25, 0.3) is 5.57 Å². The smallest absolute Gasteiger partial charge is 0.321 e. The Hall–Kier alpha value is -2.84. The Kier molecular flexibility index (Phi) is 7.52. The van der Waals surface area contributed by atoms with E-state index in [1.54, 1.807) is 35.2 Å². The van der Waals surface area contributed by atoms with Crippen LogP contribution in [0, 0.1) is 11.6 Å². The van der Waals surface area contributed by atoms with Crippen LogP contribution < -0.4 is 0 Å². The molecule has 2 unspecified atom stereocenters. The number of hydrogen-bond donors (Lipinski definition) is 1. The molecule has 1 N–H and O–H groups in total. The van der Waals surface area contributed by atoms with Gasteiger partial charge in [0.05, 0.1) is 6.61 Å². The van der Waals surface area contributed by atoms with Crippen LogP contribution in [0.1, 0.15) is 30.9 Å². The van der Waals surface area contributed by atoms with Gasteiger partial charge in [-0.3, -0.25) is 0 Å². The molecule has 35 heavy (non-hydrogen) atoms. The monoisotopic (exact) mass is 487 g/mol. The molecule has 2 aromatic carbocycles. The van der Waals surface area contributed by atoms with E-state index in [0.717, 1.165) is 18.2 Å². The van der Waals surface area contributed by atoms with Crippen molar-refractivity contribution in [1.82, 2.24) is 14.7 Å². The number of likely N-dealkylation sites (tertiary alicyclic amines) is 1. The predicted molar refractivity (Wildman–Crippen MR) is 129 cm³/mol. The minimum absolute atomic E-state index is 0.0170. The molecule has 1 saturated heterocycles. The number of rotatable bonds is 5. The quantitative estimate of drug-likeness (QED) is 0.679. The average Bonchev–Trinajstić information content (AvgIpc) is 3.17. The molecule has 0 radical (unpaired) electrons. The third kappa shape index (κ3) is 4.95. The second-order valence-electron chi connectivity index (χ2n) is 9.43. The molecule has 0 saturated carbocycles. The maximum Gasteiger partial charge on any atom is 0.321 e. The minimum Gasteiger partial charge on any atom is -0.393 e. The molecule has 0 bridgehead atoms. The Bertz CT molecular complexity index is 1080. The first-order valence-corrected chi connectivity index (χ1v) is 12.0. The van der Waals surface area contributed by atoms with Crippen molar-refractivity contribution in [2.75, 3.05) is 39.8 Å². The zero-order valence-corrected chi connectivity index (χ0v) is 20.1. The first-order valence-electron chi connectivity index (χ1n) is 12.0. The Morgan fingerprint density at radius 1 is 1.20 bits per heavy atom. The number of nitrogens with zero attached hydrogens (tertiary/aromatic N) is 3. The summed E-state index contributed by atoms with van der Waals surface area (Å²) in [5.74, 6) is -1.19. The number of hydrogen-bond acceptors (Lipinski definition) is 3. The fourth-order valence-electron chi connectivity index (χ4n) is 5.33. The van der Waals surface area contributed by atoms with Gasteiger partial charge in [0, 0.05) is 37.7 Å². The van der Waals surface area contributed by atoms with Gasteiger partial charge in [-0.05, 0) is 62.3 Å². The van der Waals surface area contributed by atoms with Crippen molar-refractivity contribution in [3.05, 3.63) is 77.4 Å². The third-order valence-corrected chi connectivity index (χ3v) is 7.15. The lowest BCUT2D eigenvalue weighted by Crippen LogP contribution is -2.55. The van der Waals surface area contributed by atoms with E-state index in [4.69, 9.17) is 0 Å². The first kappa shape index (κ1) is 25.3.